The Bertz CT molecular complexity index is 1010. The van der Waals surface area contributed by atoms with Crippen LogP contribution in [0.3, 0.4) is 0 Å². The van der Waals surface area contributed by atoms with Crippen LogP contribution in [0.2, 0.25) is 0 Å². The summed E-state index contributed by atoms with van der Waals surface area (Å²) in [5.41, 5.74) is 3.71. The summed E-state index contributed by atoms with van der Waals surface area (Å²) in [6.45, 7) is 5.48. The average molecular weight is 447 g/mol. The third-order valence-corrected chi connectivity index (χ3v) is 6.28. The van der Waals surface area contributed by atoms with E-state index >= 15 is 0 Å². The highest BCUT2D eigenvalue weighted by Crippen LogP contribution is 2.27. The molecule has 2 atom stereocenters. The zero-order chi connectivity index (χ0) is 23.2. The van der Waals surface area contributed by atoms with Crippen LogP contribution in [-0.4, -0.2) is 32.8 Å². The molecule has 1 aliphatic heterocycles. The molecule has 3 heterocycles. The van der Waals surface area contributed by atoms with E-state index in [4.69, 9.17) is 4.74 Å². The number of nitrogens with one attached hydrogen (secondary N) is 1. The van der Waals surface area contributed by atoms with E-state index in [1.807, 2.05) is 48.7 Å². The van der Waals surface area contributed by atoms with Crippen LogP contribution in [0.1, 0.15) is 82.9 Å². The number of aromatic nitrogens is 3. The van der Waals surface area contributed by atoms with Gasteiger partial charge >= 0.3 is 0 Å². The van der Waals surface area contributed by atoms with Crippen molar-refractivity contribution in [3.05, 3.63) is 83.2 Å². The van der Waals surface area contributed by atoms with Gasteiger partial charge in [0.15, 0.2) is 5.78 Å². The molecular formula is C26H30N4O3. The van der Waals surface area contributed by atoms with Gasteiger partial charge in [0.25, 0.3) is 5.91 Å². The monoisotopic (exact) mass is 446 g/mol. The van der Waals surface area contributed by atoms with Crippen LogP contribution >= 0.6 is 0 Å². The van der Waals surface area contributed by atoms with Gasteiger partial charge in [0, 0.05) is 37.5 Å². The number of carbonyl (C=O) groups is 2. The van der Waals surface area contributed by atoms with Crippen LogP contribution in [0, 0.1) is 0 Å². The van der Waals surface area contributed by atoms with E-state index in [1.54, 1.807) is 24.7 Å². The van der Waals surface area contributed by atoms with Gasteiger partial charge in [-0.3, -0.25) is 19.6 Å². The van der Waals surface area contributed by atoms with Crippen LogP contribution in [0.5, 0.6) is 0 Å². The summed E-state index contributed by atoms with van der Waals surface area (Å²) >= 11 is 0. The van der Waals surface area contributed by atoms with Crippen LogP contribution in [-0.2, 0) is 17.9 Å². The normalized spacial score (nSPS) is 14.8. The summed E-state index contributed by atoms with van der Waals surface area (Å²) in [5.74, 6) is -0.193. The van der Waals surface area contributed by atoms with E-state index in [-0.39, 0.29) is 23.7 Å². The maximum Gasteiger partial charge on any atom is 0.253 e. The van der Waals surface area contributed by atoms with Crippen molar-refractivity contribution in [1.82, 2.24) is 19.9 Å². The fourth-order valence-corrected chi connectivity index (χ4v) is 4.40. The maximum atomic E-state index is 13.4. The first kappa shape index (κ1) is 22.9. The number of nitrogens with zero attached hydrogens (tertiary/aromatic N) is 3. The van der Waals surface area contributed by atoms with E-state index in [9.17, 15) is 9.59 Å². The molecule has 1 N–H and O–H groups in total. The summed E-state index contributed by atoms with van der Waals surface area (Å²) in [7, 11) is 0. The second-order valence-electron chi connectivity index (χ2n) is 8.30. The molecule has 0 bridgehead atoms. The molecule has 0 saturated heterocycles. The second kappa shape index (κ2) is 10.5. The van der Waals surface area contributed by atoms with Crippen molar-refractivity contribution in [1.29, 1.82) is 0 Å². The molecule has 2 aromatic heterocycles. The number of rotatable bonds is 9. The highest BCUT2D eigenvalue weighted by molar-refractivity contribution is 6.01. The molecule has 7 heteroatoms. The Morgan fingerprint density at radius 2 is 1.97 bits per heavy atom. The highest BCUT2D eigenvalue weighted by Gasteiger charge is 2.28. The van der Waals surface area contributed by atoms with Crippen molar-refractivity contribution < 1.29 is 14.3 Å². The lowest BCUT2D eigenvalue weighted by Crippen LogP contribution is -2.29. The molecule has 1 aliphatic rings. The second-order valence-corrected chi connectivity index (χ2v) is 8.30. The molecule has 172 valence electrons. The minimum Gasteiger partial charge on any atom is -0.373 e. The van der Waals surface area contributed by atoms with Crippen LogP contribution in [0.25, 0.3) is 0 Å². The van der Waals surface area contributed by atoms with E-state index in [0.29, 0.717) is 37.4 Å². The first-order chi connectivity index (χ1) is 16.1. The number of ether oxygens (including phenoxy) is 1. The predicted octanol–water partition coefficient (Wildman–Crippen LogP) is 4.46. The Kier molecular flexibility index (Phi) is 7.29. The Hall–Kier alpha value is -3.32. The Morgan fingerprint density at radius 1 is 1.15 bits per heavy atom. The summed E-state index contributed by atoms with van der Waals surface area (Å²) in [6, 6.07) is 11.6. The van der Waals surface area contributed by atoms with Gasteiger partial charge in [-0.15, -0.1) is 0 Å². The van der Waals surface area contributed by atoms with E-state index in [2.05, 4.69) is 15.3 Å². The third kappa shape index (κ3) is 5.03. The molecule has 0 spiro atoms. The Morgan fingerprint density at radius 3 is 2.67 bits per heavy atom. The molecule has 1 aromatic carbocycles. The average Bonchev–Trinajstić information content (AvgIpc) is 3.26. The summed E-state index contributed by atoms with van der Waals surface area (Å²) in [5, 5.41) is 3.14. The van der Waals surface area contributed by atoms with Gasteiger partial charge < -0.3 is 14.6 Å². The van der Waals surface area contributed by atoms with Gasteiger partial charge in [-0.05, 0) is 24.5 Å². The predicted molar refractivity (Wildman–Crippen MR) is 125 cm³/mol. The van der Waals surface area contributed by atoms with Gasteiger partial charge in [0.1, 0.15) is 0 Å². The maximum absolute atomic E-state index is 13.4. The van der Waals surface area contributed by atoms with Crippen LogP contribution < -0.4 is 5.32 Å². The number of amides is 1. The van der Waals surface area contributed by atoms with Gasteiger partial charge in [-0.1, -0.05) is 44.2 Å². The molecule has 0 fully saturated rings. The largest absolute Gasteiger partial charge is 0.373 e. The molecule has 7 nitrogen and oxygen atoms in total. The number of fused-ring (bicyclic) bond motifs is 1. The standard InChI is InChI=1S/C26H30N4O3/c1-3-18(22-16-27-10-11-28-22)14-25(31)23-15-20(24-17-33-13-12-30(23)24)26(32)29-21(4-2)19-8-6-5-7-9-19/h5-11,15-16,18,21H,3-4,12-14,17H2,1-2H3,(H,29,32)/t18-,21-/m1/s1. The minimum absolute atomic E-state index is 0.00445. The lowest BCUT2D eigenvalue weighted by atomic mass is 9.95. The summed E-state index contributed by atoms with van der Waals surface area (Å²) < 4.78 is 7.59. The molecule has 0 unspecified atom stereocenters. The molecule has 4 rings (SSSR count). The topological polar surface area (TPSA) is 86.1 Å². The van der Waals surface area contributed by atoms with Gasteiger partial charge in [-0.2, -0.15) is 0 Å². The van der Waals surface area contributed by atoms with Crippen molar-refractivity contribution in [3.63, 3.8) is 0 Å². The Balaban J connectivity index is 1.58. The number of hydrogen-bond acceptors (Lipinski definition) is 5. The van der Waals surface area contributed by atoms with Gasteiger partial charge in [0.05, 0.1) is 41.9 Å². The zero-order valence-electron chi connectivity index (χ0n) is 19.2. The van der Waals surface area contributed by atoms with E-state index in [1.165, 1.54) is 0 Å². The Labute approximate surface area is 194 Å². The van der Waals surface area contributed by atoms with Crippen molar-refractivity contribution >= 4 is 11.7 Å². The van der Waals surface area contributed by atoms with Crippen molar-refractivity contribution in [2.75, 3.05) is 6.61 Å². The number of ketones is 1. The number of benzene rings is 1. The first-order valence-corrected chi connectivity index (χ1v) is 11.6. The van der Waals surface area contributed by atoms with E-state index in [0.717, 1.165) is 29.8 Å². The fraction of sp³-hybridized carbons (Fsp3) is 0.385. The molecule has 0 radical (unpaired) electrons. The quantitative estimate of drug-likeness (QED) is 0.491. The first-order valence-electron chi connectivity index (χ1n) is 11.6. The number of Topliss-reactive ketones (excluding diaryl/α,β-unsaturated/α-hetero) is 1. The number of carbonyl (C=O) groups excluding carboxylic acids is 2. The molecule has 1 amide bonds. The minimum atomic E-state index is -0.181. The smallest absolute Gasteiger partial charge is 0.253 e. The molecule has 0 saturated carbocycles. The molecule has 33 heavy (non-hydrogen) atoms. The zero-order valence-corrected chi connectivity index (χ0v) is 19.2. The van der Waals surface area contributed by atoms with Gasteiger partial charge in [0.2, 0.25) is 0 Å². The third-order valence-electron chi connectivity index (χ3n) is 6.28. The van der Waals surface area contributed by atoms with Crippen molar-refractivity contribution in [2.24, 2.45) is 0 Å². The van der Waals surface area contributed by atoms with Gasteiger partial charge in [-0.25, -0.2) is 0 Å². The fourth-order valence-electron chi connectivity index (χ4n) is 4.40. The highest BCUT2D eigenvalue weighted by atomic mass is 16.5. The van der Waals surface area contributed by atoms with Crippen LogP contribution in [0.4, 0.5) is 0 Å². The van der Waals surface area contributed by atoms with E-state index < -0.39 is 0 Å². The lowest BCUT2D eigenvalue weighted by molar-refractivity contribution is 0.0780. The van der Waals surface area contributed by atoms with Crippen molar-refractivity contribution in [2.45, 2.75) is 58.2 Å². The van der Waals surface area contributed by atoms with Crippen molar-refractivity contribution in [3.8, 4) is 0 Å². The van der Waals surface area contributed by atoms with Crippen LogP contribution in [0.15, 0.2) is 55.0 Å². The molecular weight excluding hydrogens is 416 g/mol. The lowest BCUT2D eigenvalue weighted by Gasteiger charge is -2.21. The summed E-state index contributed by atoms with van der Waals surface area (Å²) in [4.78, 5) is 35.2. The SMILES string of the molecule is CC[C@H](CC(=O)c1cc(C(=O)N[C@H](CC)c2ccccc2)c2n1CCOC2)c1cnccn1. The summed E-state index contributed by atoms with van der Waals surface area (Å²) in [6.07, 6.45) is 6.87. The molecule has 3 aromatic rings. The molecule has 0 aliphatic carbocycles. The number of hydrogen-bond donors (Lipinski definition) is 1.